The van der Waals surface area contributed by atoms with E-state index in [1.54, 1.807) is 54.6 Å². The first-order valence-electron chi connectivity index (χ1n) is 9.90. The molecule has 5 nitrogen and oxygen atoms in total. The van der Waals surface area contributed by atoms with Gasteiger partial charge in [-0.3, -0.25) is 14.5 Å². The Bertz CT molecular complexity index is 1230. The van der Waals surface area contributed by atoms with Crippen LogP contribution < -0.4 is 9.64 Å². The Balaban J connectivity index is 1.94. The SMILES string of the molecule is COc1ccc(C2C(=C(O)c3ccccc3)C(=O)C(=O)N2c2cccc(C(F)(F)F)c2)cc1. The maximum absolute atomic E-state index is 13.3. The average Bonchev–Trinajstić information content (AvgIpc) is 3.09. The number of hydrogen-bond donors (Lipinski definition) is 1. The van der Waals surface area contributed by atoms with Crippen LogP contribution in [0.4, 0.5) is 18.9 Å². The number of carbonyl (C=O) groups excluding carboxylic acids is 2. The van der Waals surface area contributed by atoms with Gasteiger partial charge in [-0.15, -0.1) is 0 Å². The summed E-state index contributed by atoms with van der Waals surface area (Å²) in [5, 5.41) is 11.0. The summed E-state index contributed by atoms with van der Waals surface area (Å²) in [7, 11) is 1.47. The van der Waals surface area contributed by atoms with Crippen LogP contribution in [0.5, 0.6) is 5.75 Å². The second-order valence-electron chi connectivity index (χ2n) is 7.36. The molecule has 0 spiro atoms. The highest BCUT2D eigenvalue weighted by Crippen LogP contribution is 2.43. The number of benzene rings is 3. The Morgan fingerprint density at radius 1 is 0.939 bits per heavy atom. The van der Waals surface area contributed by atoms with Gasteiger partial charge in [-0.2, -0.15) is 13.2 Å². The van der Waals surface area contributed by atoms with E-state index < -0.39 is 35.2 Å². The Labute approximate surface area is 187 Å². The zero-order valence-electron chi connectivity index (χ0n) is 17.3. The lowest BCUT2D eigenvalue weighted by Gasteiger charge is -2.26. The van der Waals surface area contributed by atoms with Gasteiger partial charge in [0, 0.05) is 11.3 Å². The van der Waals surface area contributed by atoms with E-state index in [4.69, 9.17) is 4.74 Å². The molecule has 3 aromatic rings. The third-order valence-corrected chi connectivity index (χ3v) is 5.37. The number of carbonyl (C=O) groups is 2. The highest BCUT2D eigenvalue weighted by Gasteiger charge is 2.47. The van der Waals surface area contributed by atoms with E-state index in [1.807, 2.05) is 0 Å². The van der Waals surface area contributed by atoms with Gasteiger partial charge in [0.05, 0.1) is 24.3 Å². The predicted octanol–water partition coefficient (Wildman–Crippen LogP) is 5.34. The van der Waals surface area contributed by atoms with Gasteiger partial charge >= 0.3 is 6.18 Å². The zero-order chi connectivity index (χ0) is 23.8. The van der Waals surface area contributed by atoms with Crippen molar-refractivity contribution in [3.05, 3.63) is 101 Å². The molecule has 1 heterocycles. The van der Waals surface area contributed by atoms with E-state index in [0.717, 1.165) is 17.0 Å². The molecule has 1 amide bonds. The molecule has 1 N–H and O–H groups in total. The summed E-state index contributed by atoms with van der Waals surface area (Å²) in [5.41, 5.74) is -0.560. The number of ketones is 1. The highest BCUT2D eigenvalue weighted by molar-refractivity contribution is 6.51. The molecule has 4 rings (SSSR count). The smallest absolute Gasteiger partial charge is 0.416 e. The number of ether oxygens (including phenoxy) is 1. The summed E-state index contributed by atoms with van der Waals surface area (Å²) in [6.45, 7) is 0. The first-order valence-corrected chi connectivity index (χ1v) is 9.90. The number of Topliss-reactive ketones (excluding diaryl/α,β-unsaturated/α-hetero) is 1. The summed E-state index contributed by atoms with van der Waals surface area (Å²) in [5.74, 6) is -1.93. The van der Waals surface area contributed by atoms with E-state index in [9.17, 15) is 27.9 Å². The van der Waals surface area contributed by atoms with Crippen LogP contribution in [0.15, 0.2) is 84.4 Å². The predicted molar refractivity (Wildman–Crippen MR) is 116 cm³/mol. The fourth-order valence-corrected chi connectivity index (χ4v) is 3.78. The van der Waals surface area contributed by atoms with Crippen molar-refractivity contribution in [3.8, 4) is 5.75 Å². The number of rotatable bonds is 4. The molecule has 0 saturated carbocycles. The summed E-state index contributed by atoms with van der Waals surface area (Å²) >= 11 is 0. The monoisotopic (exact) mass is 453 g/mol. The van der Waals surface area contributed by atoms with Gasteiger partial charge in [0.2, 0.25) is 0 Å². The van der Waals surface area contributed by atoms with Crippen LogP contribution in [0.1, 0.15) is 22.7 Å². The van der Waals surface area contributed by atoms with Gasteiger partial charge in [0.15, 0.2) is 0 Å². The van der Waals surface area contributed by atoms with Gasteiger partial charge < -0.3 is 9.84 Å². The van der Waals surface area contributed by atoms with Gasteiger partial charge in [-0.1, -0.05) is 48.5 Å². The normalized spacial score (nSPS) is 17.9. The number of methoxy groups -OCH3 is 1. The van der Waals surface area contributed by atoms with Gasteiger partial charge in [-0.05, 0) is 35.9 Å². The van der Waals surface area contributed by atoms with Crippen molar-refractivity contribution >= 4 is 23.1 Å². The molecule has 33 heavy (non-hydrogen) atoms. The van der Waals surface area contributed by atoms with Crippen LogP contribution in [-0.4, -0.2) is 23.9 Å². The topological polar surface area (TPSA) is 66.8 Å². The molecule has 0 radical (unpaired) electrons. The number of aliphatic hydroxyl groups is 1. The lowest BCUT2D eigenvalue weighted by atomic mass is 9.95. The number of nitrogens with zero attached hydrogens (tertiary/aromatic N) is 1. The quantitative estimate of drug-likeness (QED) is 0.329. The Morgan fingerprint density at radius 2 is 1.61 bits per heavy atom. The summed E-state index contributed by atoms with van der Waals surface area (Å²) in [4.78, 5) is 27.1. The number of alkyl halides is 3. The number of aliphatic hydroxyl groups excluding tert-OH is 1. The van der Waals surface area contributed by atoms with Crippen LogP contribution in [0.3, 0.4) is 0 Å². The molecule has 1 aliphatic heterocycles. The van der Waals surface area contributed by atoms with Gasteiger partial charge in [0.1, 0.15) is 11.5 Å². The van der Waals surface area contributed by atoms with Crippen LogP contribution in [-0.2, 0) is 15.8 Å². The molecule has 0 aliphatic carbocycles. The minimum absolute atomic E-state index is 0.111. The molecule has 1 atom stereocenters. The fraction of sp³-hybridized carbons (Fsp3) is 0.120. The standard InChI is InChI=1S/C25H18F3NO4/c1-33-19-12-10-15(11-13-19)21-20(22(30)16-6-3-2-4-7-16)23(31)24(32)29(21)18-9-5-8-17(14-18)25(26,27)28/h2-14,21,30H,1H3. The summed E-state index contributed by atoms with van der Waals surface area (Å²) in [6.07, 6.45) is -4.64. The molecule has 1 fully saturated rings. The minimum Gasteiger partial charge on any atom is -0.507 e. The second-order valence-corrected chi connectivity index (χ2v) is 7.36. The van der Waals surface area contributed by atoms with Crippen molar-refractivity contribution in [2.75, 3.05) is 12.0 Å². The number of hydrogen-bond acceptors (Lipinski definition) is 4. The second kappa shape index (κ2) is 8.46. The van der Waals surface area contributed by atoms with Crippen LogP contribution >= 0.6 is 0 Å². The maximum atomic E-state index is 13.3. The van der Waals surface area contributed by atoms with E-state index >= 15 is 0 Å². The van der Waals surface area contributed by atoms with Gasteiger partial charge in [-0.25, -0.2) is 0 Å². The maximum Gasteiger partial charge on any atom is 0.416 e. The van der Waals surface area contributed by atoms with E-state index in [1.165, 1.54) is 19.2 Å². The van der Waals surface area contributed by atoms with Crippen molar-refractivity contribution in [1.82, 2.24) is 0 Å². The molecule has 8 heteroatoms. The molecule has 1 unspecified atom stereocenters. The van der Waals surface area contributed by atoms with Gasteiger partial charge in [0.25, 0.3) is 11.7 Å². The molecule has 3 aromatic carbocycles. The minimum atomic E-state index is -4.64. The zero-order valence-corrected chi connectivity index (χ0v) is 17.3. The Morgan fingerprint density at radius 3 is 2.21 bits per heavy atom. The molecule has 168 valence electrons. The van der Waals surface area contributed by atoms with Crippen LogP contribution in [0, 0.1) is 0 Å². The van der Waals surface area contributed by atoms with Crippen molar-refractivity contribution in [2.24, 2.45) is 0 Å². The number of amides is 1. The molecular formula is C25H18F3NO4. The first kappa shape index (κ1) is 22.1. The van der Waals surface area contributed by atoms with Crippen molar-refractivity contribution in [2.45, 2.75) is 12.2 Å². The number of anilines is 1. The summed E-state index contributed by atoms with van der Waals surface area (Å²) < 4.78 is 45.1. The largest absolute Gasteiger partial charge is 0.507 e. The summed E-state index contributed by atoms with van der Waals surface area (Å²) in [6, 6.07) is 17.6. The Kier molecular flexibility index (Phi) is 5.68. The van der Waals surface area contributed by atoms with Crippen LogP contribution in [0.2, 0.25) is 0 Å². The van der Waals surface area contributed by atoms with Crippen molar-refractivity contribution < 1.29 is 32.6 Å². The third kappa shape index (κ3) is 4.07. The Hall–Kier alpha value is -4.07. The molecule has 0 aromatic heterocycles. The van der Waals surface area contributed by atoms with Crippen molar-refractivity contribution in [3.63, 3.8) is 0 Å². The fourth-order valence-electron chi connectivity index (χ4n) is 3.78. The first-order chi connectivity index (χ1) is 15.7. The van der Waals surface area contributed by atoms with E-state index in [0.29, 0.717) is 16.9 Å². The number of halogens is 3. The molecule has 1 saturated heterocycles. The lowest BCUT2D eigenvalue weighted by Crippen LogP contribution is -2.29. The van der Waals surface area contributed by atoms with E-state index in [2.05, 4.69) is 0 Å². The molecule has 1 aliphatic rings. The van der Waals surface area contributed by atoms with E-state index in [-0.39, 0.29) is 11.3 Å². The van der Waals surface area contributed by atoms with Crippen LogP contribution in [0.25, 0.3) is 5.76 Å². The van der Waals surface area contributed by atoms with Crippen molar-refractivity contribution in [1.29, 1.82) is 0 Å². The molecular weight excluding hydrogens is 435 g/mol. The third-order valence-electron chi connectivity index (χ3n) is 5.37. The lowest BCUT2D eigenvalue weighted by molar-refractivity contribution is -0.137. The average molecular weight is 453 g/mol. The molecule has 0 bridgehead atoms. The highest BCUT2D eigenvalue weighted by atomic mass is 19.4.